The molecule has 0 aromatic heterocycles. The van der Waals surface area contributed by atoms with Crippen LogP contribution in [0.2, 0.25) is 0 Å². The summed E-state index contributed by atoms with van der Waals surface area (Å²) in [6.45, 7) is 10.8. The molecule has 0 radical (unpaired) electrons. The van der Waals surface area contributed by atoms with Crippen LogP contribution in [0.4, 0.5) is 0 Å². The van der Waals surface area contributed by atoms with E-state index in [4.69, 9.17) is 11.5 Å². The van der Waals surface area contributed by atoms with Crippen LogP contribution >= 0.6 is 0 Å². The second-order valence-electron chi connectivity index (χ2n) is 9.22. The molecule has 0 fully saturated rings. The summed E-state index contributed by atoms with van der Waals surface area (Å²) in [4.78, 5) is 60.8. The van der Waals surface area contributed by atoms with Gasteiger partial charge in [0.1, 0.15) is 18.1 Å². The quantitative estimate of drug-likeness (QED) is 0.202. The minimum absolute atomic E-state index is 0.0172. The van der Waals surface area contributed by atoms with Gasteiger partial charge in [-0.25, -0.2) is 4.79 Å². The van der Waals surface area contributed by atoms with Gasteiger partial charge in [0.15, 0.2) is 0 Å². The molecule has 0 aliphatic rings. The van der Waals surface area contributed by atoms with Gasteiger partial charge < -0.3 is 32.5 Å². The normalized spacial score (nSPS) is 15.1. The molecule has 0 saturated carbocycles. The van der Waals surface area contributed by atoms with Crippen molar-refractivity contribution in [2.75, 3.05) is 0 Å². The number of carbonyl (C=O) groups excluding carboxylic acids is 4. The largest absolute Gasteiger partial charge is 0.480 e. The Morgan fingerprint density at radius 3 is 1.53 bits per heavy atom. The van der Waals surface area contributed by atoms with Gasteiger partial charge in [-0.1, -0.05) is 41.5 Å². The molecule has 0 aliphatic heterocycles. The fourth-order valence-corrected chi connectivity index (χ4v) is 2.92. The van der Waals surface area contributed by atoms with E-state index < -0.39 is 60.2 Å². The van der Waals surface area contributed by atoms with Crippen LogP contribution in [0, 0.1) is 17.8 Å². The lowest BCUT2D eigenvalue weighted by Gasteiger charge is -2.26. The highest BCUT2D eigenvalue weighted by Gasteiger charge is 2.32. The van der Waals surface area contributed by atoms with E-state index in [1.54, 1.807) is 27.7 Å². The van der Waals surface area contributed by atoms with E-state index in [0.29, 0.717) is 0 Å². The van der Waals surface area contributed by atoms with Crippen molar-refractivity contribution in [1.82, 2.24) is 16.0 Å². The number of primary amides is 1. The number of carboxylic acids is 1. The van der Waals surface area contributed by atoms with E-state index in [9.17, 15) is 29.1 Å². The fraction of sp³-hybridized carbons (Fsp3) is 0.762. The third-order valence-corrected chi connectivity index (χ3v) is 4.72. The lowest BCUT2D eigenvalue weighted by molar-refractivity contribution is -0.143. The Kier molecular flexibility index (Phi) is 12.5. The Hall–Kier alpha value is -2.69. The van der Waals surface area contributed by atoms with Crippen LogP contribution < -0.4 is 27.4 Å². The lowest BCUT2D eigenvalue weighted by atomic mass is 10.00. The number of rotatable bonds is 14. The zero-order valence-corrected chi connectivity index (χ0v) is 19.8. The van der Waals surface area contributed by atoms with Crippen LogP contribution in [-0.2, 0) is 24.0 Å². The molecule has 0 aromatic rings. The topological polar surface area (TPSA) is 194 Å². The average molecular weight is 458 g/mol. The predicted molar refractivity (Wildman–Crippen MR) is 119 cm³/mol. The first-order valence-electron chi connectivity index (χ1n) is 10.8. The first-order chi connectivity index (χ1) is 14.6. The maximum absolute atomic E-state index is 12.9. The summed E-state index contributed by atoms with van der Waals surface area (Å²) in [6.07, 6.45) is -0.102. The highest BCUT2D eigenvalue weighted by atomic mass is 16.4. The van der Waals surface area contributed by atoms with Crippen molar-refractivity contribution in [3.8, 4) is 0 Å². The van der Waals surface area contributed by atoms with E-state index in [0.717, 1.165) is 0 Å². The lowest BCUT2D eigenvalue weighted by Crippen LogP contribution is -2.58. The minimum Gasteiger partial charge on any atom is -0.480 e. The van der Waals surface area contributed by atoms with Crippen molar-refractivity contribution < 1.29 is 29.1 Å². The molecular weight excluding hydrogens is 418 g/mol. The standard InChI is InChI=1S/C21H39N5O6/c1-10(2)7-13(25-20(30)17(23)12(5)6)18(28)24-14(9-16(22)27)19(29)26-15(21(31)32)8-11(3)4/h10-15,17H,7-9,23H2,1-6H3,(H2,22,27)(H,24,28)(H,25,30)(H,26,29)(H,31,32). The van der Waals surface area contributed by atoms with Crippen LogP contribution in [-0.4, -0.2) is 58.9 Å². The molecule has 32 heavy (non-hydrogen) atoms. The van der Waals surface area contributed by atoms with Gasteiger partial charge in [0.05, 0.1) is 12.5 Å². The molecule has 0 saturated heterocycles. The molecule has 0 aliphatic carbocycles. The van der Waals surface area contributed by atoms with E-state index in [1.807, 2.05) is 13.8 Å². The average Bonchev–Trinajstić information content (AvgIpc) is 2.64. The van der Waals surface area contributed by atoms with E-state index in [2.05, 4.69) is 16.0 Å². The maximum atomic E-state index is 12.9. The van der Waals surface area contributed by atoms with Gasteiger partial charge in [0.2, 0.25) is 23.6 Å². The van der Waals surface area contributed by atoms with Crippen molar-refractivity contribution in [2.24, 2.45) is 29.2 Å². The third kappa shape index (κ3) is 11.1. The van der Waals surface area contributed by atoms with Crippen molar-refractivity contribution in [2.45, 2.75) is 85.0 Å². The molecular formula is C21H39N5O6. The number of aliphatic carboxylic acids is 1. The second-order valence-corrected chi connectivity index (χ2v) is 9.22. The molecule has 0 rings (SSSR count). The number of nitrogens with two attached hydrogens (primary N) is 2. The molecule has 4 unspecified atom stereocenters. The highest BCUT2D eigenvalue weighted by Crippen LogP contribution is 2.09. The van der Waals surface area contributed by atoms with Crippen molar-refractivity contribution >= 4 is 29.6 Å². The smallest absolute Gasteiger partial charge is 0.326 e. The van der Waals surface area contributed by atoms with Crippen molar-refractivity contribution in [1.29, 1.82) is 0 Å². The molecule has 0 bridgehead atoms. The maximum Gasteiger partial charge on any atom is 0.326 e. The zero-order valence-electron chi connectivity index (χ0n) is 19.8. The Balaban J connectivity index is 5.54. The molecule has 4 atom stereocenters. The Morgan fingerprint density at radius 1 is 0.719 bits per heavy atom. The monoisotopic (exact) mass is 457 g/mol. The van der Waals surface area contributed by atoms with Gasteiger partial charge in [-0.15, -0.1) is 0 Å². The summed E-state index contributed by atoms with van der Waals surface area (Å²) in [5.74, 6) is -4.29. The van der Waals surface area contributed by atoms with Gasteiger partial charge in [0, 0.05) is 0 Å². The first kappa shape index (κ1) is 29.3. The molecule has 4 amide bonds. The minimum atomic E-state index is -1.39. The van der Waals surface area contributed by atoms with Gasteiger partial charge in [-0.3, -0.25) is 19.2 Å². The molecule has 184 valence electrons. The third-order valence-electron chi connectivity index (χ3n) is 4.72. The van der Waals surface area contributed by atoms with Gasteiger partial charge in [0.25, 0.3) is 0 Å². The van der Waals surface area contributed by atoms with Crippen LogP contribution in [0.15, 0.2) is 0 Å². The number of hydrogen-bond donors (Lipinski definition) is 6. The van der Waals surface area contributed by atoms with Gasteiger partial charge in [-0.2, -0.15) is 0 Å². The van der Waals surface area contributed by atoms with Gasteiger partial charge in [-0.05, 0) is 30.6 Å². The van der Waals surface area contributed by atoms with E-state index >= 15 is 0 Å². The molecule has 11 heteroatoms. The summed E-state index contributed by atoms with van der Waals surface area (Å²) >= 11 is 0. The molecule has 8 N–H and O–H groups in total. The second kappa shape index (κ2) is 13.7. The molecule has 11 nitrogen and oxygen atoms in total. The van der Waals surface area contributed by atoms with E-state index in [1.165, 1.54) is 0 Å². The zero-order chi connectivity index (χ0) is 25.2. The SMILES string of the molecule is CC(C)CC(NC(=O)C(CC(N)=O)NC(=O)C(CC(C)C)NC(=O)C(N)C(C)C)C(=O)O. The van der Waals surface area contributed by atoms with Crippen LogP contribution in [0.1, 0.15) is 60.8 Å². The predicted octanol–water partition coefficient (Wildman–Crippen LogP) is -0.524. The number of carbonyl (C=O) groups is 5. The molecule has 0 spiro atoms. The van der Waals surface area contributed by atoms with Gasteiger partial charge >= 0.3 is 5.97 Å². The summed E-state index contributed by atoms with van der Waals surface area (Å²) in [6, 6.07) is -4.40. The van der Waals surface area contributed by atoms with Crippen LogP contribution in [0.25, 0.3) is 0 Å². The van der Waals surface area contributed by atoms with Crippen molar-refractivity contribution in [3.05, 3.63) is 0 Å². The summed E-state index contributed by atoms with van der Waals surface area (Å²) < 4.78 is 0. The van der Waals surface area contributed by atoms with E-state index in [-0.39, 0.29) is 30.6 Å². The van der Waals surface area contributed by atoms with Crippen LogP contribution in [0.3, 0.4) is 0 Å². The summed E-state index contributed by atoms with van der Waals surface area (Å²) in [5.41, 5.74) is 11.1. The Morgan fingerprint density at radius 2 is 1.12 bits per heavy atom. The number of nitrogens with one attached hydrogen (secondary N) is 3. The molecule has 0 aromatic carbocycles. The summed E-state index contributed by atoms with van der Waals surface area (Å²) in [5, 5.41) is 16.7. The van der Waals surface area contributed by atoms with Crippen LogP contribution in [0.5, 0.6) is 0 Å². The van der Waals surface area contributed by atoms with Crippen molar-refractivity contribution in [3.63, 3.8) is 0 Å². The molecule has 0 heterocycles. The Bertz CT molecular complexity index is 680. The number of carboxylic acid groups (broad SMARTS) is 1. The first-order valence-corrected chi connectivity index (χ1v) is 10.8. The number of hydrogen-bond acceptors (Lipinski definition) is 6. The Labute approximate surface area is 189 Å². The highest BCUT2D eigenvalue weighted by molar-refractivity contribution is 5.96. The number of amides is 4. The summed E-state index contributed by atoms with van der Waals surface area (Å²) in [7, 11) is 0. The fourth-order valence-electron chi connectivity index (χ4n) is 2.92.